The van der Waals surface area contributed by atoms with Crippen LogP contribution in [0, 0.1) is 11.8 Å². The number of likely N-dealkylation sites (tertiary alicyclic amines) is 1. The summed E-state index contributed by atoms with van der Waals surface area (Å²) in [7, 11) is 1.55. The Labute approximate surface area is 212 Å². The normalized spacial score (nSPS) is 22.1. The van der Waals surface area contributed by atoms with Crippen molar-refractivity contribution in [3.05, 3.63) is 54.2 Å². The Bertz CT molecular complexity index is 1010. The standard InChI is InChI=1S/C27H37N5O4/c1-29-26(34)22(14-18-9-11-30-12-10-18)31-27(35)23-15-20(19-6-3-2-4-7-19)17-32(23)25(33)16-21(28)24-8-5-13-36-24/h5,8-13,19-23H,2-4,6-7,14-17,28H2,1H3,(H,29,34)(H,31,35)/t20-,21+,22+,23+/m1/s1. The molecule has 3 amide bonds. The summed E-state index contributed by atoms with van der Waals surface area (Å²) in [5.41, 5.74) is 7.12. The average molecular weight is 496 g/mol. The first-order valence-corrected chi connectivity index (χ1v) is 13.0. The summed E-state index contributed by atoms with van der Waals surface area (Å²) in [5, 5.41) is 5.57. The van der Waals surface area contributed by atoms with E-state index in [1.807, 2.05) is 12.1 Å². The molecule has 9 heteroatoms. The maximum atomic E-state index is 13.6. The van der Waals surface area contributed by atoms with E-state index in [-0.39, 0.29) is 30.1 Å². The molecule has 0 aromatic carbocycles. The van der Waals surface area contributed by atoms with Gasteiger partial charge >= 0.3 is 0 Å². The van der Waals surface area contributed by atoms with Gasteiger partial charge in [-0.3, -0.25) is 19.4 Å². The predicted octanol–water partition coefficient (Wildman–Crippen LogP) is 2.34. The minimum absolute atomic E-state index is 0.0601. The summed E-state index contributed by atoms with van der Waals surface area (Å²) < 4.78 is 5.37. The maximum Gasteiger partial charge on any atom is 0.243 e. The SMILES string of the molecule is CNC(=O)[C@H](Cc1ccncc1)NC(=O)[C@@H]1C[C@@H](C2CCCCC2)CN1C(=O)C[C@H](N)c1ccco1. The topological polar surface area (TPSA) is 131 Å². The quantitative estimate of drug-likeness (QED) is 0.489. The number of carbonyl (C=O) groups excluding carboxylic acids is 3. The van der Waals surface area contributed by atoms with Crippen LogP contribution in [-0.4, -0.2) is 53.3 Å². The van der Waals surface area contributed by atoms with Crippen molar-refractivity contribution in [1.82, 2.24) is 20.5 Å². The zero-order valence-electron chi connectivity index (χ0n) is 20.9. The van der Waals surface area contributed by atoms with Crippen molar-refractivity contribution >= 4 is 17.7 Å². The Morgan fingerprint density at radius 2 is 1.89 bits per heavy atom. The van der Waals surface area contributed by atoms with Crippen molar-refractivity contribution in [2.75, 3.05) is 13.6 Å². The number of hydrogen-bond donors (Lipinski definition) is 3. The molecule has 9 nitrogen and oxygen atoms in total. The number of pyridine rings is 1. The van der Waals surface area contributed by atoms with Crippen molar-refractivity contribution in [2.24, 2.45) is 17.6 Å². The predicted molar refractivity (Wildman–Crippen MR) is 134 cm³/mol. The van der Waals surface area contributed by atoms with Gasteiger partial charge in [-0.1, -0.05) is 32.1 Å². The molecule has 4 rings (SSSR count). The summed E-state index contributed by atoms with van der Waals surface area (Å²) >= 11 is 0. The molecular weight excluding hydrogens is 458 g/mol. The molecule has 0 bridgehead atoms. The molecule has 0 radical (unpaired) electrons. The van der Waals surface area contributed by atoms with Gasteiger partial charge < -0.3 is 25.7 Å². The second-order valence-corrected chi connectivity index (χ2v) is 10.0. The first kappa shape index (κ1) is 25.9. The van der Waals surface area contributed by atoms with E-state index in [2.05, 4.69) is 15.6 Å². The number of nitrogens with one attached hydrogen (secondary N) is 2. The number of nitrogens with zero attached hydrogens (tertiary/aromatic N) is 2. The molecule has 4 N–H and O–H groups in total. The molecule has 3 heterocycles. The molecule has 36 heavy (non-hydrogen) atoms. The highest BCUT2D eigenvalue weighted by Crippen LogP contribution is 2.38. The van der Waals surface area contributed by atoms with Crippen LogP contribution in [0.2, 0.25) is 0 Å². The number of furan rings is 1. The molecule has 1 saturated heterocycles. The van der Waals surface area contributed by atoms with Gasteiger partial charge in [0.2, 0.25) is 17.7 Å². The van der Waals surface area contributed by atoms with Gasteiger partial charge in [0, 0.05) is 38.8 Å². The fourth-order valence-corrected chi connectivity index (χ4v) is 5.65. The van der Waals surface area contributed by atoms with Gasteiger partial charge in [-0.25, -0.2) is 0 Å². The first-order chi connectivity index (χ1) is 17.5. The first-order valence-electron chi connectivity index (χ1n) is 13.0. The highest BCUT2D eigenvalue weighted by atomic mass is 16.3. The smallest absolute Gasteiger partial charge is 0.243 e. The van der Waals surface area contributed by atoms with Crippen LogP contribution in [0.25, 0.3) is 0 Å². The Morgan fingerprint density at radius 1 is 1.14 bits per heavy atom. The average Bonchev–Trinajstić information content (AvgIpc) is 3.60. The number of aromatic nitrogens is 1. The zero-order valence-corrected chi connectivity index (χ0v) is 20.9. The van der Waals surface area contributed by atoms with Gasteiger partial charge in [0.05, 0.1) is 12.3 Å². The zero-order chi connectivity index (χ0) is 25.5. The molecule has 1 saturated carbocycles. The minimum atomic E-state index is -0.749. The van der Waals surface area contributed by atoms with Crippen molar-refractivity contribution in [1.29, 1.82) is 0 Å². The van der Waals surface area contributed by atoms with Crippen molar-refractivity contribution < 1.29 is 18.8 Å². The highest BCUT2D eigenvalue weighted by molar-refractivity contribution is 5.92. The lowest BCUT2D eigenvalue weighted by atomic mass is 9.79. The number of rotatable bonds is 9. The second kappa shape index (κ2) is 12.2. The molecule has 1 aliphatic heterocycles. The van der Waals surface area contributed by atoms with E-state index in [1.54, 1.807) is 36.5 Å². The molecular formula is C27H37N5O4. The van der Waals surface area contributed by atoms with E-state index >= 15 is 0 Å². The lowest BCUT2D eigenvalue weighted by Gasteiger charge is -2.28. The van der Waals surface area contributed by atoms with E-state index in [4.69, 9.17) is 10.2 Å². The lowest BCUT2D eigenvalue weighted by Crippen LogP contribution is -2.53. The van der Waals surface area contributed by atoms with E-state index in [0.717, 1.165) is 18.4 Å². The van der Waals surface area contributed by atoms with Crippen molar-refractivity contribution in [3.63, 3.8) is 0 Å². The van der Waals surface area contributed by atoms with Crippen LogP contribution in [0.5, 0.6) is 0 Å². The summed E-state index contributed by atoms with van der Waals surface area (Å²) in [5.74, 6) is 0.587. The molecule has 2 aliphatic rings. The Hall–Kier alpha value is -3.20. The summed E-state index contributed by atoms with van der Waals surface area (Å²) in [4.78, 5) is 45.3. The monoisotopic (exact) mass is 495 g/mol. The van der Waals surface area contributed by atoms with Gasteiger partial charge in [0.25, 0.3) is 0 Å². The van der Waals surface area contributed by atoms with Crippen LogP contribution >= 0.6 is 0 Å². The summed E-state index contributed by atoms with van der Waals surface area (Å²) in [6.45, 7) is 0.543. The van der Waals surface area contributed by atoms with Gasteiger partial charge in [0.15, 0.2) is 0 Å². The number of likely N-dealkylation sites (N-methyl/N-ethyl adjacent to an activating group) is 1. The molecule has 0 unspecified atom stereocenters. The van der Waals surface area contributed by atoms with Crippen LogP contribution in [0.1, 0.15) is 62.3 Å². The fourth-order valence-electron chi connectivity index (χ4n) is 5.65. The number of nitrogens with two attached hydrogens (primary N) is 1. The van der Waals surface area contributed by atoms with Gasteiger partial charge in [-0.05, 0) is 48.1 Å². The number of hydrogen-bond acceptors (Lipinski definition) is 6. The Morgan fingerprint density at radius 3 is 2.56 bits per heavy atom. The molecule has 1 aliphatic carbocycles. The Kier molecular flexibility index (Phi) is 8.74. The third kappa shape index (κ3) is 6.32. The summed E-state index contributed by atoms with van der Waals surface area (Å²) in [6.07, 6.45) is 11.8. The fraction of sp³-hybridized carbons (Fsp3) is 0.556. The second-order valence-electron chi connectivity index (χ2n) is 10.0. The van der Waals surface area contributed by atoms with E-state index in [1.165, 1.54) is 25.5 Å². The number of amides is 3. The van der Waals surface area contributed by atoms with E-state index < -0.39 is 18.1 Å². The van der Waals surface area contributed by atoms with E-state index in [0.29, 0.717) is 31.1 Å². The van der Waals surface area contributed by atoms with Crippen molar-refractivity contribution in [2.45, 2.75) is 69.5 Å². The molecule has 0 spiro atoms. The third-order valence-electron chi connectivity index (χ3n) is 7.64. The highest BCUT2D eigenvalue weighted by Gasteiger charge is 2.43. The summed E-state index contributed by atoms with van der Waals surface area (Å²) in [6, 6.07) is 5.19. The van der Waals surface area contributed by atoms with Gasteiger partial charge in [-0.15, -0.1) is 0 Å². The van der Waals surface area contributed by atoms with E-state index in [9.17, 15) is 14.4 Å². The molecule has 194 valence electrons. The Balaban J connectivity index is 1.49. The van der Waals surface area contributed by atoms with Crippen LogP contribution < -0.4 is 16.4 Å². The largest absolute Gasteiger partial charge is 0.468 e. The van der Waals surface area contributed by atoms with Crippen LogP contribution in [-0.2, 0) is 20.8 Å². The lowest BCUT2D eigenvalue weighted by molar-refractivity contribution is -0.139. The maximum absolute atomic E-state index is 13.6. The van der Waals surface area contributed by atoms with Crippen LogP contribution in [0.4, 0.5) is 0 Å². The number of carbonyl (C=O) groups is 3. The minimum Gasteiger partial charge on any atom is -0.468 e. The van der Waals surface area contributed by atoms with Gasteiger partial charge in [0.1, 0.15) is 17.8 Å². The molecule has 2 fully saturated rings. The van der Waals surface area contributed by atoms with Crippen LogP contribution in [0.3, 0.4) is 0 Å². The molecule has 2 aromatic heterocycles. The molecule has 2 aromatic rings. The third-order valence-corrected chi connectivity index (χ3v) is 7.64. The molecule has 4 atom stereocenters. The van der Waals surface area contributed by atoms with Gasteiger partial charge in [-0.2, -0.15) is 0 Å². The van der Waals surface area contributed by atoms with Crippen molar-refractivity contribution in [3.8, 4) is 0 Å². The van der Waals surface area contributed by atoms with Crippen LogP contribution in [0.15, 0.2) is 47.3 Å².